The van der Waals surface area contributed by atoms with Crippen LogP contribution >= 0.6 is 23.2 Å². The quantitative estimate of drug-likeness (QED) is 0.683. The first-order chi connectivity index (χ1) is 13.9. The second-order valence-electron chi connectivity index (χ2n) is 7.00. The van der Waals surface area contributed by atoms with E-state index in [-0.39, 0.29) is 25.1 Å². The summed E-state index contributed by atoms with van der Waals surface area (Å²) < 4.78 is 1.60. The molecule has 0 bridgehead atoms. The maximum atomic E-state index is 13.4. The number of aromatic nitrogens is 3. The molecule has 0 radical (unpaired) electrons. The highest BCUT2D eigenvalue weighted by molar-refractivity contribution is 6.42. The van der Waals surface area contributed by atoms with Gasteiger partial charge in [0, 0.05) is 31.5 Å². The molecule has 0 saturated heterocycles. The molecule has 1 atom stereocenters. The normalized spacial score (nSPS) is 16.1. The second kappa shape index (κ2) is 7.67. The number of amides is 1. The average molecular weight is 432 g/mol. The van der Waals surface area contributed by atoms with Crippen molar-refractivity contribution < 1.29 is 9.90 Å². The number of aliphatic hydroxyl groups is 1. The van der Waals surface area contributed by atoms with Gasteiger partial charge in [0.15, 0.2) is 0 Å². The van der Waals surface area contributed by atoms with Crippen LogP contribution in [-0.2, 0) is 0 Å². The SMILES string of the molecule is CN(C)c1cc(-c2cnn3c2C(=O)N(c2ccc(Cl)c(Cl)c2)C[C@H]3CO)ccn1. The number of anilines is 2. The van der Waals surface area contributed by atoms with Crippen LogP contribution in [0.25, 0.3) is 11.1 Å². The highest BCUT2D eigenvalue weighted by Crippen LogP contribution is 2.35. The number of aliphatic hydroxyl groups excluding tert-OH is 1. The van der Waals surface area contributed by atoms with E-state index in [2.05, 4.69) is 10.1 Å². The first-order valence-electron chi connectivity index (χ1n) is 8.99. The van der Waals surface area contributed by atoms with E-state index in [9.17, 15) is 9.90 Å². The lowest BCUT2D eigenvalue weighted by Crippen LogP contribution is -2.44. The van der Waals surface area contributed by atoms with Crippen molar-refractivity contribution >= 4 is 40.6 Å². The Labute approximate surface area is 178 Å². The molecule has 0 aliphatic carbocycles. The summed E-state index contributed by atoms with van der Waals surface area (Å²) >= 11 is 12.2. The zero-order chi connectivity index (χ0) is 20.7. The smallest absolute Gasteiger partial charge is 0.277 e. The molecule has 7 nitrogen and oxygen atoms in total. The van der Waals surface area contributed by atoms with E-state index in [1.54, 1.807) is 40.2 Å². The number of halogens is 2. The Kier molecular flexibility index (Phi) is 5.21. The van der Waals surface area contributed by atoms with E-state index >= 15 is 0 Å². The van der Waals surface area contributed by atoms with E-state index in [1.165, 1.54) is 0 Å². The Hall–Kier alpha value is -2.61. The van der Waals surface area contributed by atoms with Crippen molar-refractivity contribution in [1.29, 1.82) is 0 Å². The van der Waals surface area contributed by atoms with Gasteiger partial charge in [0.05, 0.1) is 35.4 Å². The van der Waals surface area contributed by atoms with E-state index in [0.717, 1.165) is 11.4 Å². The number of nitrogens with zero attached hydrogens (tertiary/aromatic N) is 5. The fourth-order valence-electron chi connectivity index (χ4n) is 3.40. The van der Waals surface area contributed by atoms with Gasteiger partial charge in [-0.15, -0.1) is 0 Å². The van der Waals surface area contributed by atoms with Crippen LogP contribution in [0.3, 0.4) is 0 Å². The van der Waals surface area contributed by atoms with E-state index in [0.29, 0.717) is 27.0 Å². The number of carbonyl (C=O) groups is 1. The fraction of sp³-hybridized carbons (Fsp3) is 0.250. The van der Waals surface area contributed by atoms with Crippen LogP contribution in [0.2, 0.25) is 10.0 Å². The summed E-state index contributed by atoms with van der Waals surface area (Å²) in [5.74, 6) is 0.551. The molecule has 1 aromatic carbocycles. The number of pyridine rings is 1. The highest BCUT2D eigenvalue weighted by Gasteiger charge is 2.35. The lowest BCUT2D eigenvalue weighted by atomic mass is 10.0. The van der Waals surface area contributed by atoms with E-state index < -0.39 is 0 Å². The van der Waals surface area contributed by atoms with Crippen molar-refractivity contribution in [3.8, 4) is 11.1 Å². The second-order valence-corrected chi connectivity index (χ2v) is 7.81. The topological polar surface area (TPSA) is 74.5 Å². The Bertz CT molecular complexity index is 1080. The summed E-state index contributed by atoms with van der Waals surface area (Å²) in [5, 5.41) is 15.1. The van der Waals surface area contributed by atoms with E-state index in [4.69, 9.17) is 23.2 Å². The lowest BCUT2D eigenvalue weighted by Gasteiger charge is -2.33. The Balaban J connectivity index is 1.82. The molecule has 150 valence electrons. The van der Waals surface area contributed by atoms with Gasteiger partial charge in [-0.1, -0.05) is 23.2 Å². The molecule has 3 heterocycles. The van der Waals surface area contributed by atoms with Crippen LogP contribution in [0, 0.1) is 0 Å². The van der Waals surface area contributed by atoms with Crippen LogP contribution < -0.4 is 9.80 Å². The molecule has 1 amide bonds. The van der Waals surface area contributed by atoms with Crippen molar-refractivity contribution in [3.63, 3.8) is 0 Å². The van der Waals surface area contributed by atoms with Gasteiger partial charge in [0.2, 0.25) is 0 Å². The molecule has 1 N–H and O–H groups in total. The summed E-state index contributed by atoms with van der Waals surface area (Å²) in [6.45, 7) is 0.124. The monoisotopic (exact) mass is 431 g/mol. The van der Waals surface area contributed by atoms with Gasteiger partial charge in [-0.25, -0.2) is 4.98 Å². The molecule has 0 unspecified atom stereocenters. The molecule has 0 fully saturated rings. The summed E-state index contributed by atoms with van der Waals surface area (Å²) in [4.78, 5) is 21.2. The minimum Gasteiger partial charge on any atom is -0.394 e. The zero-order valence-electron chi connectivity index (χ0n) is 15.9. The molecule has 1 aliphatic rings. The predicted octanol–water partition coefficient (Wildman–Crippen LogP) is 3.51. The molecule has 2 aromatic heterocycles. The molecule has 0 spiro atoms. The van der Waals surface area contributed by atoms with Crippen LogP contribution in [0.15, 0.2) is 42.7 Å². The number of benzene rings is 1. The van der Waals surface area contributed by atoms with Crippen molar-refractivity contribution in [2.45, 2.75) is 6.04 Å². The van der Waals surface area contributed by atoms with Gasteiger partial charge in [-0.3, -0.25) is 9.48 Å². The maximum Gasteiger partial charge on any atom is 0.277 e. The minimum absolute atomic E-state index is 0.154. The standard InChI is InChI=1S/C20H19Cl2N5O2/c1-25(2)18-7-12(5-6-23-18)15-9-24-27-14(11-28)10-26(20(29)19(15)27)13-3-4-16(21)17(22)8-13/h3-9,14,28H,10-11H2,1-2H3/t14-/m0/s1. The van der Waals surface area contributed by atoms with Crippen LogP contribution in [0.4, 0.5) is 11.5 Å². The van der Waals surface area contributed by atoms with Crippen LogP contribution in [-0.4, -0.2) is 53.0 Å². The Morgan fingerprint density at radius 3 is 2.69 bits per heavy atom. The lowest BCUT2D eigenvalue weighted by molar-refractivity contribution is 0.0935. The largest absolute Gasteiger partial charge is 0.394 e. The van der Waals surface area contributed by atoms with Crippen LogP contribution in [0.1, 0.15) is 16.5 Å². The van der Waals surface area contributed by atoms with Crippen molar-refractivity contribution in [3.05, 3.63) is 58.5 Å². The Morgan fingerprint density at radius 1 is 1.21 bits per heavy atom. The molecule has 3 aromatic rings. The fourth-order valence-corrected chi connectivity index (χ4v) is 3.70. The third-order valence-electron chi connectivity index (χ3n) is 4.92. The summed E-state index contributed by atoms with van der Waals surface area (Å²) in [7, 11) is 3.80. The Morgan fingerprint density at radius 2 is 2.00 bits per heavy atom. The van der Waals surface area contributed by atoms with Gasteiger partial charge in [-0.05, 0) is 35.9 Å². The minimum atomic E-state index is -0.374. The van der Waals surface area contributed by atoms with Gasteiger partial charge >= 0.3 is 0 Å². The molecule has 29 heavy (non-hydrogen) atoms. The number of hydrogen-bond acceptors (Lipinski definition) is 5. The first kappa shape index (κ1) is 19.7. The summed E-state index contributed by atoms with van der Waals surface area (Å²) in [6.07, 6.45) is 3.35. The van der Waals surface area contributed by atoms with Crippen LogP contribution in [0.5, 0.6) is 0 Å². The maximum absolute atomic E-state index is 13.4. The third kappa shape index (κ3) is 3.46. The average Bonchev–Trinajstić information content (AvgIpc) is 3.16. The molecule has 4 rings (SSSR count). The highest BCUT2D eigenvalue weighted by atomic mass is 35.5. The summed E-state index contributed by atoms with van der Waals surface area (Å²) in [5.41, 5.74) is 2.54. The van der Waals surface area contributed by atoms with Crippen molar-refractivity contribution in [2.75, 3.05) is 37.0 Å². The van der Waals surface area contributed by atoms with Gasteiger partial charge in [0.25, 0.3) is 5.91 Å². The molecule has 1 aliphatic heterocycles. The number of rotatable bonds is 4. The number of fused-ring (bicyclic) bond motifs is 1. The van der Waals surface area contributed by atoms with Crippen molar-refractivity contribution in [2.24, 2.45) is 0 Å². The predicted molar refractivity (Wildman–Crippen MR) is 114 cm³/mol. The van der Waals surface area contributed by atoms with Crippen molar-refractivity contribution in [1.82, 2.24) is 14.8 Å². The first-order valence-corrected chi connectivity index (χ1v) is 9.75. The van der Waals surface area contributed by atoms with Gasteiger partial charge in [-0.2, -0.15) is 5.10 Å². The third-order valence-corrected chi connectivity index (χ3v) is 5.66. The number of hydrogen-bond donors (Lipinski definition) is 1. The summed E-state index contributed by atoms with van der Waals surface area (Å²) in [6, 6.07) is 8.41. The molecule has 0 saturated carbocycles. The molecule has 9 heteroatoms. The number of carbonyl (C=O) groups excluding carboxylic acids is 1. The van der Waals surface area contributed by atoms with Gasteiger partial charge in [0.1, 0.15) is 11.5 Å². The van der Waals surface area contributed by atoms with Gasteiger partial charge < -0.3 is 14.9 Å². The molecular formula is C20H19Cl2N5O2. The zero-order valence-corrected chi connectivity index (χ0v) is 17.4. The molecular weight excluding hydrogens is 413 g/mol. The van der Waals surface area contributed by atoms with E-state index in [1.807, 2.05) is 31.1 Å².